The Morgan fingerprint density at radius 2 is 1.71 bits per heavy atom. The third-order valence-corrected chi connectivity index (χ3v) is 3.57. The van der Waals surface area contributed by atoms with Gasteiger partial charge in [-0.3, -0.25) is 4.90 Å². The van der Waals surface area contributed by atoms with Gasteiger partial charge in [-0.15, -0.1) is 0 Å². The van der Waals surface area contributed by atoms with Gasteiger partial charge in [0.15, 0.2) is 0 Å². The van der Waals surface area contributed by atoms with Crippen molar-refractivity contribution in [3.05, 3.63) is 0 Å². The van der Waals surface area contributed by atoms with Crippen LogP contribution in [-0.2, 0) is 14.3 Å². The molecule has 0 aromatic carbocycles. The zero-order valence-corrected chi connectivity index (χ0v) is 12.7. The number of nitrogens with zero attached hydrogens (tertiary/aromatic N) is 1. The van der Waals surface area contributed by atoms with Crippen LogP contribution < -0.4 is 5.32 Å². The van der Waals surface area contributed by atoms with Crippen molar-refractivity contribution in [3.63, 3.8) is 0 Å². The number of carbonyl (C=O) groups is 2. The third kappa shape index (κ3) is 7.40. The molecule has 2 fully saturated rings. The molecular formula is C14H26N2O5. The summed E-state index contributed by atoms with van der Waals surface area (Å²) in [6.45, 7) is 8.97. The Kier molecular flexibility index (Phi) is 7.63. The smallest absolute Gasteiger partial charge is 0.414 e. The number of ether oxygens (including phenoxy) is 1. The van der Waals surface area contributed by atoms with E-state index in [9.17, 15) is 0 Å². The third-order valence-electron chi connectivity index (χ3n) is 3.57. The summed E-state index contributed by atoms with van der Waals surface area (Å²) >= 11 is 0. The van der Waals surface area contributed by atoms with Crippen molar-refractivity contribution < 1.29 is 24.5 Å². The van der Waals surface area contributed by atoms with Gasteiger partial charge in [0.05, 0.1) is 12.2 Å². The molecule has 0 radical (unpaired) electrons. The van der Waals surface area contributed by atoms with Crippen molar-refractivity contribution in [1.82, 2.24) is 10.2 Å². The number of rotatable bonds is 2. The van der Waals surface area contributed by atoms with Crippen molar-refractivity contribution in [1.29, 1.82) is 0 Å². The Morgan fingerprint density at radius 1 is 1.14 bits per heavy atom. The lowest BCUT2D eigenvalue weighted by atomic mass is 10.0. The van der Waals surface area contributed by atoms with Gasteiger partial charge in [0.25, 0.3) is 0 Å². The Labute approximate surface area is 125 Å². The van der Waals surface area contributed by atoms with Crippen molar-refractivity contribution in [2.24, 2.45) is 0 Å². The molecule has 0 bridgehead atoms. The van der Waals surface area contributed by atoms with Gasteiger partial charge in [-0.05, 0) is 33.2 Å². The fourth-order valence-corrected chi connectivity index (χ4v) is 2.82. The van der Waals surface area contributed by atoms with Crippen LogP contribution in [0, 0.1) is 0 Å². The van der Waals surface area contributed by atoms with Crippen LogP contribution in [0.3, 0.4) is 0 Å². The molecular weight excluding hydrogens is 276 g/mol. The van der Waals surface area contributed by atoms with Crippen LogP contribution in [0.25, 0.3) is 0 Å². The van der Waals surface area contributed by atoms with E-state index >= 15 is 0 Å². The minimum atomic E-state index is -1.82. The summed E-state index contributed by atoms with van der Waals surface area (Å²) in [5.41, 5.74) is 0. The molecule has 2 aliphatic heterocycles. The highest BCUT2D eigenvalue weighted by molar-refractivity contribution is 6.27. The standard InChI is InChI=1S/C12H24N2O.C2H2O4/c1-10-7-14(8-11(2)15-10)9-12-5-3-4-6-13-12;3-1(4)2(5)6/h10-13H,3-9H2,1-2H3;(H,3,4)(H,5,6)/t10-,11+,12?;. The molecule has 7 nitrogen and oxygen atoms in total. The van der Waals surface area contributed by atoms with E-state index in [0.717, 1.165) is 19.1 Å². The molecule has 0 aromatic heterocycles. The van der Waals surface area contributed by atoms with Crippen LogP contribution >= 0.6 is 0 Å². The average Bonchev–Trinajstić information content (AvgIpc) is 2.39. The Balaban J connectivity index is 0.000000315. The average molecular weight is 302 g/mol. The van der Waals surface area contributed by atoms with Crippen molar-refractivity contribution >= 4 is 11.9 Å². The first-order valence-corrected chi connectivity index (χ1v) is 7.46. The molecule has 2 rings (SSSR count). The molecule has 3 atom stereocenters. The fourth-order valence-electron chi connectivity index (χ4n) is 2.82. The molecule has 2 heterocycles. The molecule has 0 amide bonds. The molecule has 0 spiro atoms. The molecule has 0 aliphatic carbocycles. The van der Waals surface area contributed by atoms with Gasteiger partial charge in [-0.2, -0.15) is 0 Å². The number of morpholine rings is 1. The van der Waals surface area contributed by atoms with E-state index in [1.54, 1.807) is 0 Å². The first-order valence-electron chi connectivity index (χ1n) is 7.46. The topological polar surface area (TPSA) is 99.1 Å². The number of piperidine rings is 1. The van der Waals surface area contributed by atoms with Crippen LogP contribution in [0.1, 0.15) is 33.1 Å². The summed E-state index contributed by atoms with van der Waals surface area (Å²) in [6, 6.07) is 0.719. The van der Waals surface area contributed by atoms with E-state index in [1.165, 1.54) is 32.4 Å². The summed E-state index contributed by atoms with van der Waals surface area (Å²) in [5, 5.41) is 18.4. The lowest BCUT2D eigenvalue weighted by Crippen LogP contribution is -2.51. The van der Waals surface area contributed by atoms with Crippen molar-refractivity contribution in [2.45, 2.75) is 51.4 Å². The predicted molar refractivity (Wildman–Crippen MR) is 77.4 cm³/mol. The maximum atomic E-state index is 9.10. The summed E-state index contributed by atoms with van der Waals surface area (Å²) in [7, 11) is 0. The minimum Gasteiger partial charge on any atom is -0.473 e. The maximum Gasteiger partial charge on any atom is 0.414 e. The molecule has 0 saturated carbocycles. The highest BCUT2D eigenvalue weighted by atomic mass is 16.5. The number of carboxylic acid groups (broad SMARTS) is 2. The van der Waals surface area contributed by atoms with Gasteiger partial charge < -0.3 is 20.3 Å². The molecule has 0 aromatic rings. The first-order chi connectivity index (χ1) is 9.88. The normalized spacial score (nSPS) is 30.1. The highest BCUT2D eigenvalue weighted by Gasteiger charge is 2.24. The van der Waals surface area contributed by atoms with E-state index in [-0.39, 0.29) is 0 Å². The summed E-state index contributed by atoms with van der Waals surface area (Å²) in [6.07, 6.45) is 4.90. The van der Waals surface area contributed by atoms with Gasteiger partial charge in [-0.1, -0.05) is 6.42 Å². The Morgan fingerprint density at radius 3 is 2.14 bits per heavy atom. The monoisotopic (exact) mass is 302 g/mol. The molecule has 2 aliphatic rings. The first kappa shape index (κ1) is 17.9. The molecule has 1 unspecified atom stereocenters. The van der Waals surface area contributed by atoms with E-state index in [2.05, 4.69) is 24.1 Å². The van der Waals surface area contributed by atoms with Crippen LogP contribution in [0.15, 0.2) is 0 Å². The second-order valence-corrected chi connectivity index (χ2v) is 5.73. The molecule has 21 heavy (non-hydrogen) atoms. The predicted octanol–water partition coefficient (Wildman–Crippen LogP) is 0.393. The van der Waals surface area contributed by atoms with Gasteiger partial charge >= 0.3 is 11.9 Å². The Bertz CT molecular complexity index is 322. The number of aliphatic carboxylic acids is 2. The number of nitrogens with one attached hydrogen (secondary N) is 1. The zero-order chi connectivity index (χ0) is 15.8. The molecule has 3 N–H and O–H groups in total. The number of carboxylic acids is 2. The van der Waals surface area contributed by atoms with Crippen LogP contribution in [0.5, 0.6) is 0 Å². The highest BCUT2D eigenvalue weighted by Crippen LogP contribution is 2.14. The lowest BCUT2D eigenvalue weighted by molar-refractivity contribution is -0.159. The summed E-state index contributed by atoms with van der Waals surface area (Å²) in [5.74, 6) is -3.65. The lowest BCUT2D eigenvalue weighted by Gasteiger charge is -2.38. The summed E-state index contributed by atoms with van der Waals surface area (Å²) in [4.78, 5) is 20.8. The van der Waals surface area contributed by atoms with E-state index in [0.29, 0.717) is 12.2 Å². The second kappa shape index (κ2) is 8.96. The quantitative estimate of drug-likeness (QED) is 0.635. The second-order valence-electron chi connectivity index (χ2n) is 5.73. The van der Waals surface area contributed by atoms with Crippen LogP contribution in [0.4, 0.5) is 0 Å². The van der Waals surface area contributed by atoms with Crippen molar-refractivity contribution in [2.75, 3.05) is 26.2 Å². The number of hydrogen-bond donors (Lipinski definition) is 3. The largest absolute Gasteiger partial charge is 0.473 e. The van der Waals surface area contributed by atoms with E-state index < -0.39 is 11.9 Å². The molecule has 2 saturated heterocycles. The zero-order valence-electron chi connectivity index (χ0n) is 12.7. The summed E-state index contributed by atoms with van der Waals surface area (Å²) < 4.78 is 5.74. The molecule has 122 valence electrons. The van der Waals surface area contributed by atoms with Crippen LogP contribution in [0.2, 0.25) is 0 Å². The minimum absolute atomic E-state index is 0.400. The SMILES string of the molecule is C[C@@H]1CN(CC2CCCCN2)C[C@H](C)O1.O=C(O)C(=O)O. The van der Waals surface area contributed by atoms with Gasteiger partial charge in [0.1, 0.15) is 0 Å². The van der Waals surface area contributed by atoms with Gasteiger partial charge in [0.2, 0.25) is 0 Å². The van der Waals surface area contributed by atoms with Gasteiger partial charge in [-0.25, -0.2) is 9.59 Å². The van der Waals surface area contributed by atoms with Crippen molar-refractivity contribution in [3.8, 4) is 0 Å². The fraction of sp³-hybridized carbons (Fsp3) is 0.857. The molecule has 7 heteroatoms. The number of hydrogen-bond acceptors (Lipinski definition) is 5. The van der Waals surface area contributed by atoms with Gasteiger partial charge in [0, 0.05) is 25.7 Å². The van der Waals surface area contributed by atoms with E-state index in [1.807, 2.05) is 0 Å². The van der Waals surface area contributed by atoms with Crippen LogP contribution in [-0.4, -0.2) is 71.5 Å². The van der Waals surface area contributed by atoms with E-state index in [4.69, 9.17) is 24.5 Å². The Hall–Kier alpha value is -1.18. The maximum absolute atomic E-state index is 9.10.